The van der Waals surface area contributed by atoms with Gasteiger partial charge < -0.3 is 19.4 Å². The molecule has 30 heavy (non-hydrogen) atoms. The van der Waals surface area contributed by atoms with Gasteiger partial charge in [0.2, 0.25) is 5.91 Å². The quantitative estimate of drug-likeness (QED) is 0.548. The van der Waals surface area contributed by atoms with Gasteiger partial charge in [-0.3, -0.25) is 4.79 Å². The number of methoxy groups -OCH3 is 1. The second kappa shape index (κ2) is 10.6. The van der Waals surface area contributed by atoms with E-state index in [0.29, 0.717) is 31.7 Å². The van der Waals surface area contributed by atoms with E-state index in [-0.39, 0.29) is 11.9 Å². The first-order valence-corrected chi connectivity index (χ1v) is 10.1. The Kier molecular flexibility index (Phi) is 7.63. The van der Waals surface area contributed by atoms with Crippen LogP contribution in [0.1, 0.15) is 30.3 Å². The third-order valence-electron chi connectivity index (χ3n) is 5.02. The van der Waals surface area contributed by atoms with Gasteiger partial charge in [0.05, 0.1) is 19.3 Å². The third kappa shape index (κ3) is 5.70. The summed E-state index contributed by atoms with van der Waals surface area (Å²) in [7, 11) is 5.66. The molecule has 1 aromatic heterocycles. The highest BCUT2D eigenvalue weighted by Crippen LogP contribution is 2.27. The maximum absolute atomic E-state index is 12.4. The molecule has 0 fully saturated rings. The first-order chi connectivity index (χ1) is 14.6. The number of benzene rings is 2. The van der Waals surface area contributed by atoms with Gasteiger partial charge in [0.1, 0.15) is 5.75 Å². The van der Waals surface area contributed by atoms with E-state index < -0.39 is 0 Å². The van der Waals surface area contributed by atoms with Gasteiger partial charge in [0.15, 0.2) is 11.7 Å². The molecule has 0 aliphatic heterocycles. The maximum Gasteiger partial charge on any atom is 0.220 e. The van der Waals surface area contributed by atoms with Crippen LogP contribution in [-0.4, -0.2) is 43.5 Å². The van der Waals surface area contributed by atoms with Crippen LogP contribution in [0.5, 0.6) is 5.75 Å². The van der Waals surface area contributed by atoms with Crippen LogP contribution in [0.2, 0.25) is 0 Å². The van der Waals surface area contributed by atoms with Crippen molar-refractivity contribution in [1.29, 1.82) is 0 Å². The second-order valence-corrected chi connectivity index (χ2v) is 7.36. The number of nitrogens with one attached hydrogen (secondary N) is 1. The monoisotopic (exact) mass is 407 g/mol. The largest absolute Gasteiger partial charge is 0.496 e. The highest BCUT2D eigenvalue weighted by atomic mass is 16.5. The molecule has 0 radical (unpaired) electrons. The van der Waals surface area contributed by atoms with Crippen molar-refractivity contribution in [3.63, 3.8) is 0 Å². The van der Waals surface area contributed by atoms with Gasteiger partial charge in [-0.05, 0) is 26.6 Å². The summed E-state index contributed by atoms with van der Waals surface area (Å²) >= 11 is 0. The fourth-order valence-corrected chi connectivity index (χ4v) is 3.37. The first-order valence-electron chi connectivity index (χ1n) is 10.1. The topological polar surface area (TPSA) is 67.6 Å². The SMILES string of the molecule is COc1ccccc1C(CNC(=O)CCCc1ncc(-c2ccccc2)o1)N(C)C. The van der Waals surface area contributed by atoms with E-state index in [2.05, 4.69) is 15.2 Å². The number of oxazole rings is 1. The molecule has 0 spiro atoms. The molecule has 2 aromatic carbocycles. The third-order valence-corrected chi connectivity index (χ3v) is 5.02. The molecule has 1 N–H and O–H groups in total. The Bertz CT molecular complexity index is 938. The van der Waals surface area contributed by atoms with Crippen molar-refractivity contribution in [3.05, 3.63) is 72.2 Å². The van der Waals surface area contributed by atoms with Crippen molar-refractivity contribution < 1.29 is 13.9 Å². The van der Waals surface area contributed by atoms with Crippen LogP contribution in [0.4, 0.5) is 0 Å². The van der Waals surface area contributed by atoms with Crippen molar-refractivity contribution in [2.75, 3.05) is 27.7 Å². The van der Waals surface area contributed by atoms with E-state index in [4.69, 9.17) is 9.15 Å². The van der Waals surface area contributed by atoms with E-state index in [9.17, 15) is 4.79 Å². The van der Waals surface area contributed by atoms with Crippen LogP contribution in [0.15, 0.2) is 65.2 Å². The van der Waals surface area contributed by atoms with Gasteiger partial charge in [-0.2, -0.15) is 0 Å². The summed E-state index contributed by atoms with van der Waals surface area (Å²) in [5.74, 6) is 2.25. The van der Waals surface area contributed by atoms with Gasteiger partial charge in [0, 0.05) is 30.5 Å². The normalized spacial score (nSPS) is 12.0. The minimum Gasteiger partial charge on any atom is -0.496 e. The van der Waals surface area contributed by atoms with E-state index in [0.717, 1.165) is 22.6 Å². The molecule has 1 atom stereocenters. The molecule has 6 heteroatoms. The molecule has 1 amide bonds. The fraction of sp³-hybridized carbons (Fsp3) is 0.333. The lowest BCUT2D eigenvalue weighted by molar-refractivity contribution is -0.121. The number of amides is 1. The van der Waals surface area contributed by atoms with E-state index in [1.54, 1.807) is 13.3 Å². The lowest BCUT2D eigenvalue weighted by Crippen LogP contribution is -2.34. The average molecular weight is 408 g/mol. The molecule has 6 nitrogen and oxygen atoms in total. The number of para-hydroxylation sites is 1. The molecule has 1 unspecified atom stereocenters. The zero-order valence-corrected chi connectivity index (χ0v) is 17.8. The van der Waals surface area contributed by atoms with Crippen molar-refractivity contribution >= 4 is 5.91 Å². The smallest absolute Gasteiger partial charge is 0.220 e. The highest BCUT2D eigenvalue weighted by Gasteiger charge is 2.19. The molecular formula is C24H29N3O3. The lowest BCUT2D eigenvalue weighted by Gasteiger charge is -2.26. The first kappa shape index (κ1) is 21.6. The van der Waals surface area contributed by atoms with E-state index in [1.165, 1.54) is 0 Å². The fourth-order valence-electron chi connectivity index (χ4n) is 3.37. The number of rotatable bonds is 10. The molecule has 0 aliphatic rings. The van der Waals surface area contributed by atoms with Gasteiger partial charge in [-0.25, -0.2) is 4.98 Å². The summed E-state index contributed by atoms with van der Waals surface area (Å²) in [5.41, 5.74) is 2.05. The van der Waals surface area contributed by atoms with E-state index in [1.807, 2.05) is 68.7 Å². The van der Waals surface area contributed by atoms with Gasteiger partial charge in [0.25, 0.3) is 0 Å². The standard InChI is InChI=1S/C24H29N3O3/c1-27(2)20(19-12-7-8-13-21(19)29-3)16-25-23(28)14-9-15-24-26-17-22(30-24)18-10-5-4-6-11-18/h4-8,10-13,17,20H,9,14-16H2,1-3H3,(H,25,28). The number of ether oxygens (including phenoxy) is 1. The molecule has 0 saturated heterocycles. The zero-order chi connectivity index (χ0) is 21.3. The Morgan fingerprint density at radius 2 is 1.87 bits per heavy atom. The number of carbonyl (C=O) groups is 1. The van der Waals surface area contributed by atoms with Crippen molar-refractivity contribution in [3.8, 4) is 17.1 Å². The predicted octanol–water partition coefficient (Wildman–Crippen LogP) is 4.09. The van der Waals surface area contributed by atoms with Crippen LogP contribution < -0.4 is 10.1 Å². The summed E-state index contributed by atoms with van der Waals surface area (Å²) in [5, 5.41) is 3.04. The van der Waals surface area contributed by atoms with Crippen LogP contribution in [-0.2, 0) is 11.2 Å². The van der Waals surface area contributed by atoms with Gasteiger partial charge >= 0.3 is 0 Å². The van der Waals surface area contributed by atoms with Crippen molar-refractivity contribution in [2.24, 2.45) is 0 Å². The summed E-state index contributed by atoms with van der Waals surface area (Å²) in [6, 6.07) is 17.8. The molecule has 0 aliphatic carbocycles. The number of likely N-dealkylation sites (N-methyl/N-ethyl adjacent to an activating group) is 1. The molecule has 0 saturated carbocycles. The molecular weight excluding hydrogens is 378 g/mol. The number of nitrogens with zero attached hydrogens (tertiary/aromatic N) is 2. The molecule has 1 heterocycles. The Morgan fingerprint density at radius 1 is 1.13 bits per heavy atom. The van der Waals surface area contributed by atoms with Crippen LogP contribution in [0, 0.1) is 0 Å². The Labute approximate surface area is 177 Å². The molecule has 3 rings (SSSR count). The summed E-state index contributed by atoms with van der Waals surface area (Å²) < 4.78 is 11.3. The lowest BCUT2D eigenvalue weighted by atomic mass is 10.0. The Balaban J connectivity index is 1.48. The number of hydrogen-bond acceptors (Lipinski definition) is 5. The molecule has 3 aromatic rings. The van der Waals surface area contributed by atoms with Gasteiger partial charge in [-0.15, -0.1) is 0 Å². The summed E-state index contributed by atoms with van der Waals surface area (Å²) in [6.45, 7) is 0.517. The Morgan fingerprint density at radius 3 is 2.60 bits per heavy atom. The summed E-state index contributed by atoms with van der Waals surface area (Å²) in [4.78, 5) is 18.8. The molecule has 158 valence electrons. The number of carbonyl (C=O) groups excluding carboxylic acids is 1. The number of hydrogen-bond donors (Lipinski definition) is 1. The van der Waals surface area contributed by atoms with E-state index >= 15 is 0 Å². The highest BCUT2D eigenvalue weighted by molar-refractivity contribution is 5.75. The van der Waals surface area contributed by atoms with Crippen LogP contribution in [0.3, 0.4) is 0 Å². The second-order valence-electron chi connectivity index (χ2n) is 7.36. The predicted molar refractivity (Wildman–Crippen MR) is 117 cm³/mol. The maximum atomic E-state index is 12.4. The summed E-state index contributed by atoms with van der Waals surface area (Å²) in [6.07, 6.45) is 3.47. The minimum absolute atomic E-state index is 0.0200. The minimum atomic E-state index is 0.0200. The number of aromatic nitrogens is 1. The van der Waals surface area contributed by atoms with Crippen molar-refractivity contribution in [2.45, 2.75) is 25.3 Å². The van der Waals surface area contributed by atoms with Gasteiger partial charge in [-0.1, -0.05) is 48.5 Å². The van der Waals surface area contributed by atoms with Crippen LogP contribution >= 0.6 is 0 Å². The zero-order valence-electron chi connectivity index (χ0n) is 17.8. The van der Waals surface area contributed by atoms with Crippen LogP contribution in [0.25, 0.3) is 11.3 Å². The Hall–Kier alpha value is -3.12. The molecule has 0 bridgehead atoms. The average Bonchev–Trinajstić information content (AvgIpc) is 3.23. The number of aryl methyl sites for hydroxylation is 1. The van der Waals surface area contributed by atoms with Crippen molar-refractivity contribution in [1.82, 2.24) is 15.2 Å².